The van der Waals surface area contributed by atoms with E-state index in [0.717, 1.165) is 39.5 Å². The van der Waals surface area contributed by atoms with E-state index in [1.165, 1.54) is 0 Å². The molecule has 0 aliphatic carbocycles. The number of nitrogens with zero attached hydrogens (tertiary/aromatic N) is 3. The van der Waals surface area contributed by atoms with Gasteiger partial charge in [0.2, 0.25) is 0 Å². The number of benzene rings is 1. The molecule has 0 saturated carbocycles. The van der Waals surface area contributed by atoms with Crippen molar-refractivity contribution in [2.75, 3.05) is 6.61 Å². The molecule has 1 unspecified atom stereocenters. The molecule has 0 amide bonds. The van der Waals surface area contributed by atoms with E-state index in [4.69, 9.17) is 9.72 Å². The van der Waals surface area contributed by atoms with Crippen LogP contribution in [0.25, 0.3) is 16.9 Å². The lowest BCUT2D eigenvalue weighted by molar-refractivity contribution is 0.353. The molecule has 0 aliphatic rings. The molecule has 0 spiro atoms. The van der Waals surface area contributed by atoms with Gasteiger partial charge in [-0.15, -0.1) is 0 Å². The first-order valence-electron chi connectivity index (χ1n) is 8.25. The van der Waals surface area contributed by atoms with Crippen LogP contribution in [0.3, 0.4) is 0 Å². The number of hydrogen-bond acceptors (Lipinski definition) is 3. The molecule has 0 radical (unpaired) electrons. The summed E-state index contributed by atoms with van der Waals surface area (Å²) in [5, 5.41) is 9.44. The Balaban J connectivity index is 2.05. The van der Waals surface area contributed by atoms with Crippen molar-refractivity contribution in [3.05, 3.63) is 66.0 Å². The number of imidazole rings is 1. The lowest BCUT2D eigenvalue weighted by atomic mass is 10.0. The van der Waals surface area contributed by atoms with Crippen molar-refractivity contribution in [2.45, 2.75) is 26.7 Å². The van der Waals surface area contributed by atoms with Gasteiger partial charge in [-0.05, 0) is 68.3 Å². The molecule has 0 saturated heterocycles. The van der Waals surface area contributed by atoms with Gasteiger partial charge < -0.3 is 9.14 Å². The second-order valence-corrected chi connectivity index (χ2v) is 6.40. The molecule has 1 aromatic carbocycles. The van der Waals surface area contributed by atoms with Crippen molar-refractivity contribution in [3.63, 3.8) is 0 Å². The fourth-order valence-electron chi connectivity index (χ4n) is 2.77. The van der Waals surface area contributed by atoms with E-state index in [9.17, 15) is 5.26 Å². The zero-order valence-corrected chi connectivity index (χ0v) is 14.8. The third kappa shape index (κ3) is 3.41. The highest BCUT2D eigenvalue weighted by molar-refractivity contribution is 5.68. The van der Waals surface area contributed by atoms with Crippen LogP contribution >= 0.6 is 0 Å². The van der Waals surface area contributed by atoms with Crippen molar-refractivity contribution >= 4 is 5.65 Å². The van der Waals surface area contributed by atoms with Crippen molar-refractivity contribution in [1.82, 2.24) is 9.38 Å². The van der Waals surface area contributed by atoms with Crippen LogP contribution in [-0.4, -0.2) is 16.0 Å². The number of hydrogen-bond donors (Lipinski definition) is 0. The van der Waals surface area contributed by atoms with Crippen molar-refractivity contribution in [1.29, 1.82) is 5.26 Å². The minimum atomic E-state index is -0.257. The lowest BCUT2D eigenvalue weighted by Gasteiger charge is -2.09. The van der Waals surface area contributed by atoms with Gasteiger partial charge in [0.05, 0.1) is 23.4 Å². The molecule has 2 heterocycles. The maximum absolute atomic E-state index is 9.44. The monoisotopic (exact) mass is 331 g/mol. The fraction of sp³-hybridized carbons (Fsp3) is 0.238. The zero-order chi connectivity index (χ0) is 18.0. The Morgan fingerprint density at radius 1 is 1.32 bits per heavy atom. The zero-order valence-electron chi connectivity index (χ0n) is 14.8. The summed E-state index contributed by atoms with van der Waals surface area (Å²) in [7, 11) is 0. The molecule has 126 valence electrons. The molecule has 0 N–H and O–H groups in total. The van der Waals surface area contributed by atoms with Crippen LogP contribution in [0.15, 0.2) is 54.7 Å². The van der Waals surface area contributed by atoms with Crippen LogP contribution in [0.4, 0.5) is 0 Å². The average molecular weight is 331 g/mol. The maximum Gasteiger partial charge on any atom is 0.137 e. The van der Waals surface area contributed by atoms with Crippen LogP contribution in [0.5, 0.6) is 5.75 Å². The summed E-state index contributed by atoms with van der Waals surface area (Å²) in [4.78, 5) is 4.77. The second kappa shape index (κ2) is 6.82. The summed E-state index contributed by atoms with van der Waals surface area (Å²) in [5.74, 6) is 0.535. The van der Waals surface area contributed by atoms with E-state index < -0.39 is 0 Å². The van der Waals surface area contributed by atoms with Crippen LogP contribution in [0, 0.1) is 18.3 Å². The quantitative estimate of drug-likeness (QED) is 0.625. The molecular weight excluding hydrogens is 310 g/mol. The van der Waals surface area contributed by atoms with E-state index in [2.05, 4.69) is 12.6 Å². The maximum atomic E-state index is 9.44. The highest BCUT2D eigenvalue weighted by atomic mass is 16.5. The number of pyridine rings is 1. The summed E-state index contributed by atoms with van der Waals surface area (Å²) < 4.78 is 7.66. The predicted octanol–water partition coefficient (Wildman–Crippen LogP) is 4.89. The van der Waals surface area contributed by atoms with E-state index in [1.807, 2.05) is 67.8 Å². The molecule has 4 nitrogen and oxygen atoms in total. The molecule has 3 aromatic rings. The van der Waals surface area contributed by atoms with Gasteiger partial charge in [0.15, 0.2) is 0 Å². The highest BCUT2D eigenvalue weighted by Crippen LogP contribution is 2.31. The Kier molecular flexibility index (Phi) is 4.58. The number of ether oxygens (including phenoxy) is 1. The van der Waals surface area contributed by atoms with E-state index >= 15 is 0 Å². The van der Waals surface area contributed by atoms with Crippen molar-refractivity contribution < 1.29 is 4.74 Å². The van der Waals surface area contributed by atoms with Gasteiger partial charge in [-0.2, -0.15) is 5.26 Å². The standard InChI is InChI=1S/C21H21N3O/c1-14(2)13-25-18-7-5-17(6-8-18)20-21(16(4)12-22)24-10-9-15(3)11-19(24)23-20/h5-11,16H,1,13H2,2-4H3. The molecule has 0 bridgehead atoms. The molecule has 25 heavy (non-hydrogen) atoms. The minimum absolute atomic E-state index is 0.257. The fourth-order valence-corrected chi connectivity index (χ4v) is 2.77. The number of nitriles is 1. The van der Waals surface area contributed by atoms with Crippen molar-refractivity contribution in [3.8, 4) is 23.1 Å². The van der Waals surface area contributed by atoms with Crippen molar-refractivity contribution in [2.24, 2.45) is 0 Å². The molecule has 4 heteroatoms. The van der Waals surface area contributed by atoms with Crippen LogP contribution in [0.2, 0.25) is 0 Å². The predicted molar refractivity (Wildman–Crippen MR) is 99.7 cm³/mol. The Hall–Kier alpha value is -3.06. The summed E-state index contributed by atoms with van der Waals surface area (Å²) in [6, 6.07) is 14.2. The number of aromatic nitrogens is 2. The highest BCUT2D eigenvalue weighted by Gasteiger charge is 2.19. The smallest absolute Gasteiger partial charge is 0.137 e. The normalized spacial score (nSPS) is 11.9. The Labute approximate surface area is 148 Å². The van der Waals surface area contributed by atoms with E-state index in [1.54, 1.807) is 0 Å². The summed E-state index contributed by atoms with van der Waals surface area (Å²) >= 11 is 0. The molecule has 1 atom stereocenters. The van der Waals surface area contributed by atoms with E-state index in [0.29, 0.717) is 6.61 Å². The Morgan fingerprint density at radius 3 is 2.68 bits per heavy atom. The lowest BCUT2D eigenvalue weighted by Crippen LogP contribution is -1.99. The number of aryl methyl sites for hydroxylation is 1. The first-order valence-corrected chi connectivity index (χ1v) is 8.25. The topological polar surface area (TPSA) is 50.3 Å². The van der Waals surface area contributed by atoms with Gasteiger partial charge in [-0.25, -0.2) is 4.98 Å². The van der Waals surface area contributed by atoms with Crippen LogP contribution in [-0.2, 0) is 0 Å². The van der Waals surface area contributed by atoms with E-state index in [-0.39, 0.29) is 5.92 Å². The Morgan fingerprint density at radius 2 is 2.04 bits per heavy atom. The summed E-state index contributed by atoms with van der Waals surface area (Å²) in [5.41, 5.74) is 5.70. The first-order chi connectivity index (χ1) is 12.0. The molecular formula is C21H21N3O. The molecule has 2 aromatic heterocycles. The van der Waals surface area contributed by atoms with Gasteiger partial charge in [-0.1, -0.05) is 6.58 Å². The second-order valence-electron chi connectivity index (χ2n) is 6.40. The average Bonchev–Trinajstić information content (AvgIpc) is 2.98. The van der Waals surface area contributed by atoms with Gasteiger partial charge >= 0.3 is 0 Å². The van der Waals surface area contributed by atoms with Gasteiger partial charge in [0.1, 0.15) is 18.0 Å². The van der Waals surface area contributed by atoms with Crippen LogP contribution < -0.4 is 4.74 Å². The van der Waals surface area contributed by atoms with Gasteiger partial charge in [-0.3, -0.25) is 0 Å². The molecule has 0 aliphatic heterocycles. The Bertz CT molecular complexity index is 961. The number of rotatable bonds is 5. The molecule has 3 rings (SSSR count). The van der Waals surface area contributed by atoms with Gasteiger partial charge in [0, 0.05) is 11.8 Å². The minimum Gasteiger partial charge on any atom is -0.489 e. The SMILES string of the molecule is C=C(C)COc1ccc(-c2nc3cc(C)ccn3c2C(C)C#N)cc1. The summed E-state index contributed by atoms with van der Waals surface area (Å²) in [6.45, 7) is 10.2. The number of fused-ring (bicyclic) bond motifs is 1. The third-order valence-corrected chi connectivity index (χ3v) is 4.04. The van der Waals surface area contributed by atoms with Gasteiger partial charge in [0.25, 0.3) is 0 Å². The molecule has 0 fully saturated rings. The first kappa shape index (κ1) is 16.8. The van der Waals surface area contributed by atoms with Crippen LogP contribution in [0.1, 0.15) is 31.0 Å². The third-order valence-electron chi connectivity index (χ3n) is 4.04. The summed E-state index contributed by atoms with van der Waals surface area (Å²) in [6.07, 6.45) is 1.98. The largest absolute Gasteiger partial charge is 0.489 e.